The summed E-state index contributed by atoms with van der Waals surface area (Å²) in [4.78, 5) is 22.0. The summed E-state index contributed by atoms with van der Waals surface area (Å²) in [6.45, 7) is 2.38. The van der Waals surface area contributed by atoms with E-state index in [0.29, 0.717) is 12.1 Å². The Morgan fingerprint density at radius 1 is 1.14 bits per heavy atom. The van der Waals surface area contributed by atoms with Crippen molar-refractivity contribution in [1.29, 1.82) is 0 Å². The number of anilines is 2. The quantitative estimate of drug-likeness (QED) is 0.480. The Hall–Kier alpha value is -3.00. The molecule has 1 aliphatic heterocycles. The second-order valence-corrected chi connectivity index (χ2v) is 7.60. The Morgan fingerprint density at radius 3 is 2.68 bits per heavy atom. The van der Waals surface area contributed by atoms with Crippen LogP contribution in [-0.4, -0.2) is 28.0 Å². The van der Waals surface area contributed by atoms with Crippen molar-refractivity contribution in [2.75, 3.05) is 23.3 Å². The SMILES string of the molecule is O=[N+]([O-])c1ccc(N2CCCCC2)cc1CNc1nc(-c2ccncc2)cs1. The molecule has 0 amide bonds. The number of benzene rings is 1. The number of nitro groups is 1. The van der Waals surface area contributed by atoms with Gasteiger partial charge >= 0.3 is 0 Å². The van der Waals surface area contributed by atoms with Crippen LogP contribution < -0.4 is 10.2 Å². The lowest BCUT2D eigenvalue weighted by atomic mass is 10.1. The first-order chi connectivity index (χ1) is 13.7. The highest BCUT2D eigenvalue weighted by Gasteiger charge is 2.18. The molecule has 7 nitrogen and oxygen atoms in total. The standard InChI is InChI=1S/C20H21N5O2S/c26-25(27)19-5-4-17(24-10-2-1-3-11-24)12-16(19)13-22-20-23-18(14-28-20)15-6-8-21-9-7-15/h4-9,12,14H,1-3,10-11,13H2,(H,22,23). The van der Waals surface area contributed by atoms with Crippen LogP contribution in [0.5, 0.6) is 0 Å². The van der Waals surface area contributed by atoms with E-state index in [4.69, 9.17) is 0 Å². The van der Waals surface area contributed by atoms with Crippen molar-refractivity contribution in [3.63, 3.8) is 0 Å². The average molecular weight is 395 g/mol. The van der Waals surface area contributed by atoms with E-state index < -0.39 is 0 Å². The van der Waals surface area contributed by atoms with Crippen molar-refractivity contribution < 1.29 is 4.92 Å². The van der Waals surface area contributed by atoms with Crippen molar-refractivity contribution in [3.8, 4) is 11.3 Å². The second-order valence-electron chi connectivity index (χ2n) is 6.75. The molecule has 0 saturated carbocycles. The molecule has 144 valence electrons. The number of nitro benzene ring substituents is 1. The van der Waals surface area contributed by atoms with Crippen LogP contribution in [0, 0.1) is 10.1 Å². The summed E-state index contributed by atoms with van der Waals surface area (Å²) < 4.78 is 0. The molecule has 0 bridgehead atoms. The summed E-state index contributed by atoms with van der Waals surface area (Å²) in [5.41, 5.74) is 3.73. The summed E-state index contributed by atoms with van der Waals surface area (Å²) in [7, 11) is 0. The average Bonchev–Trinajstić information content (AvgIpc) is 3.22. The van der Waals surface area contributed by atoms with Crippen molar-refractivity contribution in [3.05, 3.63) is 63.8 Å². The van der Waals surface area contributed by atoms with Gasteiger partial charge in [0.25, 0.3) is 5.69 Å². The number of thiazole rings is 1. The number of hydrogen-bond acceptors (Lipinski definition) is 7. The van der Waals surface area contributed by atoms with Gasteiger partial charge < -0.3 is 10.2 Å². The molecule has 8 heteroatoms. The van der Waals surface area contributed by atoms with Crippen molar-refractivity contribution in [1.82, 2.24) is 9.97 Å². The fourth-order valence-corrected chi connectivity index (χ4v) is 4.14. The fraction of sp³-hybridized carbons (Fsp3) is 0.300. The van der Waals surface area contributed by atoms with Gasteiger partial charge in [-0.1, -0.05) is 0 Å². The van der Waals surface area contributed by atoms with Gasteiger partial charge in [-0.2, -0.15) is 0 Å². The lowest BCUT2D eigenvalue weighted by molar-refractivity contribution is -0.385. The number of piperidine rings is 1. The number of hydrogen-bond donors (Lipinski definition) is 1. The highest BCUT2D eigenvalue weighted by Crippen LogP contribution is 2.29. The third kappa shape index (κ3) is 4.12. The molecule has 2 aromatic heterocycles. The summed E-state index contributed by atoms with van der Waals surface area (Å²) >= 11 is 1.49. The molecule has 0 atom stereocenters. The van der Waals surface area contributed by atoms with Crippen molar-refractivity contribution in [2.24, 2.45) is 0 Å². The van der Waals surface area contributed by atoms with Gasteiger partial charge in [-0.25, -0.2) is 4.98 Å². The van der Waals surface area contributed by atoms with Crippen LogP contribution in [0.4, 0.5) is 16.5 Å². The van der Waals surface area contributed by atoms with Crippen LogP contribution in [0.25, 0.3) is 11.3 Å². The molecule has 0 aliphatic carbocycles. The summed E-state index contributed by atoms with van der Waals surface area (Å²) in [5.74, 6) is 0. The Kier molecular flexibility index (Phi) is 5.48. The number of nitrogens with one attached hydrogen (secondary N) is 1. The Bertz CT molecular complexity index is 954. The molecule has 0 spiro atoms. The van der Waals surface area contributed by atoms with E-state index in [1.807, 2.05) is 29.6 Å². The fourth-order valence-electron chi connectivity index (χ4n) is 3.42. The minimum absolute atomic E-state index is 0.138. The van der Waals surface area contributed by atoms with Gasteiger partial charge in [0, 0.05) is 54.7 Å². The topological polar surface area (TPSA) is 84.2 Å². The first kappa shape index (κ1) is 18.4. The molecular formula is C20H21N5O2S. The molecule has 0 unspecified atom stereocenters. The van der Waals surface area contributed by atoms with E-state index in [2.05, 4.69) is 20.2 Å². The lowest BCUT2D eigenvalue weighted by Crippen LogP contribution is -2.29. The maximum Gasteiger partial charge on any atom is 0.274 e. The summed E-state index contributed by atoms with van der Waals surface area (Å²) in [6, 6.07) is 9.23. The molecule has 1 aliphatic rings. The maximum absolute atomic E-state index is 11.5. The molecule has 1 saturated heterocycles. The first-order valence-electron chi connectivity index (χ1n) is 9.33. The Labute approximate surface area is 167 Å². The van der Waals surface area contributed by atoms with Crippen LogP contribution in [0.2, 0.25) is 0 Å². The first-order valence-corrected chi connectivity index (χ1v) is 10.2. The van der Waals surface area contributed by atoms with E-state index in [1.54, 1.807) is 18.5 Å². The van der Waals surface area contributed by atoms with Gasteiger partial charge in [-0.15, -0.1) is 11.3 Å². The Balaban J connectivity index is 1.51. The van der Waals surface area contributed by atoms with Gasteiger partial charge in [-0.05, 0) is 43.5 Å². The highest BCUT2D eigenvalue weighted by molar-refractivity contribution is 7.14. The minimum Gasteiger partial charge on any atom is -0.372 e. The zero-order valence-corrected chi connectivity index (χ0v) is 16.2. The Morgan fingerprint density at radius 2 is 1.93 bits per heavy atom. The van der Waals surface area contributed by atoms with Gasteiger partial charge in [0.1, 0.15) is 0 Å². The molecule has 3 heterocycles. The normalized spacial score (nSPS) is 14.1. The third-order valence-electron chi connectivity index (χ3n) is 4.89. The third-order valence-corrected chi connectivity index (χ3v) is 5.69. The van der Waals surface area contributed by atoms with Gasteiger partial charge in [-0.3, -0.25) is 15.1 Å². The van der Waals surface area contributed by atoms with Gasteiger partial charge in [0.2, 0.25) is 0 Å². The lowest BCUT2D eigenvalue weighted by Gasteiger charge is -2.29. The van der Waals surface area contributed by atoms with Crippen molar-refractivity contribution in [2.45, 2.75) is 25.8 Å². The number of pyridine rings is 1. The molecule has 1 aromatic carbocycles. The van der Waals surface area contributed by atoms with E-state index in [9.17, 15) is 10.1 Å². The van der Waals surface area contributed by atoms with E-state index >= 15 is 0 Å². The zero-order chi connectivity index (χ0) is 19.3. The number of nitrogens with zero attached hydrogens (tertiary/aromatic N) is 4. The minimum atomic E-state index is -0.318. The van der Waals surface area contributed by atoms with Crippen molar-refractivity contribution >= 4 is 27.8 Å². The molecule has 28 heavy (non-hydrogen) atoms. The predicted octanol–water partition coefficient (Wildman–Crippen LogP) is 4.72. The smallest absolute Gasteiger partial charge is 0.274 e. The summed E-state index contributed by atoms with van der Waals surface area (Å²) in [6.07, 6.45) is 7.05. The summed E-state index contributed by atoms with van der Waals surface area (Å²) in [5, 5.41) is 17.4. The van der Waals surface area contributed by atoms with E-state index in [0.717, 1.165) is 35.2 Å². The van der Waals surface area contributed by atoms with Crippen LogP contribution in [0.1, 0.15) is 24.8 Å². The molecule has 3 aromatic rings. The second kappa shape index (κ2) is 8.35. The van der Waals surface area contributed by atoms with Crippen LogP contribution >= 0.6 is 11.3 Å². The molecule has 1 fully saturated rings. The van der Waals surface area contributed by atoms with Gasteiger partial charge in [0.15, 0.2) is 5.13 Å². The molecule has 0 radical (unpaired) electrons. The molecule has 4 rings (SSSR count). The van der Waals surface area contributed by atoms with Crippen LogP contribution in [0.15, 0.2) is 48.1 Å². The maximum atomic E-state index is 11.5. The zero-order valence-electron chi connectivity index (χ0n) is 15.4. The van der Waals surface area contributed by atoms with Crippen LogP contribution in [-0.2, 0) is 6.54 Å². The largest absolute Gasteiger partial charge is 0.372 e. The highest BCUT2D eigenvalue weighted by atomic mass is 32.1. The van der Waals surface area contributed by atoms with Gasteiger partial charge in [0.05, 0.1) is 16.2 Å². The van der Waals surface area contributed by atoms with Crippen LogP contribution in [0.3, 0.4) is 0 Å². The van der Waals surface area contributed by atoms with E-state index in [-0.39, 0.29) is 10.6 Å². The molecule has 1 N–H and O–H groups in total. The number of aromatic nitrogens is 2. The monoisotopic (exact) mass is 395 g/mol. The molecular weight excluding hydrogens is 374 g/mol. The predicted molar refractivity (Wildman–Crippen MR) is 112 cm³/mol. The number of rotatable bonds is 6. The van der Waals surface area contributed by atoms with E-state index in [1.165, 1.54) is 30.6 Å².